The zero-order valence-electron chi connectivity index (χ0n) is 10.5. The van der Waals surface area contributed by atoms with E-state index in [1.165, 1.54) is 6.08 Å². The number of aliphatic carboxylic acids is 1. The Morgan fingerprint density at radius 2 is 1.62 bits per heavy atom. The van der Waals surface area contributed by atoms with Gasteiger partial charge in [0, 0.05) is 10.5 Å². The fraction of sp³-hybridized carbons (Fsp3) is 0. The van der Waals surface area contributed by atoms with Gasteiger partial charge in [-0.25, -0.2) is 4.79 Å². The van der Waals surface area contributed by atoms with Gasteiger partial charge in [0.1, 0.15) is 11.5 Å². The lowest BCUT2D eigenvalue weighted by molar-refractivity contribution is -0.131. The molecule has 2 aromatic rings. The molecule has 21 heavy (non-hydrogen) atoms. The van der Waals surface area contributed by atoms with Crippen molar-refractivity contribution in [2.75, 3.05) is 0 Å². The van der Waals surface area contributed by atoms with Crippen molar-refractivity contribution in [1.29, 1.82) is 0 Å². The highest BCUT2D eigenvalue weighted by Gasteiger charge is 2.07. The summed E-state index contributed by atoms with van der Waals surface area (Å²) in [5, 5.41) is 8.61. The molecule has 0 bridgehead atoms. The van der Waals surface area contributed by atoms with E-state index in [1.54, 1.807) is 18.2 Å². The Labute approximate surface area is 147 Å². The van der Waals surface area contributed by atoms with Crippen molar-refractivity contribution in [2.24, 2.45) is 0 Å². The molecule has 0 aromatic heterocycles. The first-order valence-corrected chi connectivity index (χ1v) is 8.17. The van der Waals surface area contributed by atoms with E-state index in [-0.39, 0.29) is 0 Å². The van der Waals surface area contributed by atoms with Crippen LogP contribution in [0.3, 0.4) is 0 Å². The number of halogens is 3. The second-order valence-corrected chi connectivity index (χ2v) is 6.66. The molecular formula is C15H9Br3O3. The van der Waals surface area contributed by atoms with E-state index in [4.69, 9.17) is 9.84 Å². The maximum absolute atomic E-state index is 10.5. The minimum atomic E-state index is -0.981. The lowest BCUT2D eigenvalue weighted by Crippen LogP contribution is -1.88. The number of hydrogen-bond donors (Lipinski definition) is 1. The van der Waals surface area contributed by atoms with Crippen LogP contribution in [-0.4, -0.2) is 11.1 Å². The van der Waals surface area contributed by atoms with E-state index in [0.717, 1.165) is 25.1 Å². The molecule has 0 amide bonds. The average Bonchev–Trinajstić information content (AvgIpc) is 2.42. The van der Waals surface area contributed by atoms with Crippen LogP contribution in [0.25, 0.3) is 6.08 Å². The summed E-state index contributed by atoms with van der Waals surface area (Å²) in [7, 11) is 0. The van der Waals surface area contributed by atoms with Gasteiger partial charge in [-0.1, -0.05) is 22.0 Å². The molecule has 0 saturated carbocycles. The molecule has 2 aromatic carbocycles. The predicted molar refractivity (Wildman–Crippen MR) is 92.7 cm³/mol. The number of carboxylic acids is 1. The summed E-state index contributed by atoms with van der Waals surface area (Å²) in [4.78, 5) is 10.5. The maximum Gasteiger partial charge on any atom is 0.328 e. The van der Waals surface area contributed by atoms with E-state index in [0.29, 0.717) is 11.5 Å². The Balaban J connectivity index is 2.23. The normalized spacial score (nSPS) is 10.8. The summed E-state index contributed by atoms with van der Waals surface area (Å²) < 4.78 is 8.35. The Hall–Kier alpha value is -1.11. The molecule has 0 saturated heterocycles. The molecule has 108 valence electrons. The number of carboxylic acid groups (broad SMARTS) is 1. The van der Waals surface area contributed by atoms with E-state index in [2.05, 4.69) is 47.8 Å². The van der Waals surface area contributed by atoms with Gasteiger partial charge in [0.2, 0.25) is 0 Å². The highest BCUT2D eigenvalue weighted by atomic mass is 79.9. The molecule has 1 N–H and O–H groups in total. The molecule has 0 fully saturated rings. The Morgan fingerprint density at radius 3 is 2.19 bits per heavy atom. The zero-order valence-corrected chi connectivity index (χ0v) is 15.3. The van der Waals surface area contributed by atoms with Crippen molar-refractivity contribution in [1.82, 2.24) is 0 Å². The third kappa shape index (κ3) is 4.69. The fourth-order valence-electron chi connectivity index (χ4n) is 1.55. The van der Waals surface area contributed by atoms with Gasteiger partial charge in [-0.05, 0) is 73.8 Å². The SMILES string of the molecule is O=C(O)/C=C/c1ccc(Oc2ccc(Br)cc2Br)c(Br)c1. The highest BCUT2D eigenvalue weighted by molar-refractivity contribution is 9.11. The molecule has 2 rings (SSSR count). The summed E-state index contributed by atoms with van der Waals surface area (Å²) in [5.41, 5.74) is 0.770. The molecule has 0 atom stereocenters. The molecule has 0 aliphatic carbocycles. The van der Waals surface area contributed by atoms with Gasteiger partial charge in [0.25, 0.3) is 0 Å². The zero-order chi connectivity index (χ0) is 15.4. The first-order chi connectivity index (χ1) is 9.95. The average molecular weight is 477 g/mol. The van der Waals surface area contributed by atoms with Gasteiger partial charge in [-0.15, -0.1) is 0 Å². The lowest BCUT2D eigenvalue weighted by atomic mass is 10.2. The molecule has 0 spiro atoms. The number of hydrogen-bond acceptors (Lipinski definition) is 2. The van der Waals surface area contributed by atoms with Gasteiger partial charge >= 0.3 is 5.97 Å². The van der Waals surface area contributed by atoms with Crippen LogP contribution in [-0.2, 0) is 4.79 Å². The molecule has 0 unspecified atom stereocenters. The largest absolute Gasteiger partial charge is 0.478 e. The minimum Gasteiger partial charge on any atom is -0.478 e. The quantitative estimate of drug-likeness (QED) is 0.562. The molecule has 0 heterocycles. The lowest BCUT2D eigenvalue weighted by Gasteiger charge is -2.10. The number of rotatable bonds is 4. The van der Waals surface area contributed by atoms with Crippen molar-refractivity contribution in [2.45, 2.75) is 0 Å². The molecule has 3 nitrogen and oxygen atoms in total. The van der Waals surface area contributed by atoms with Crippen molar-refractivity contribution in [3.63, 3.8) is 0 Å². The molecule has 6 heteroatoms. The molecule has 0 aliphatic rings. The third-order valence-electron chi connectivity index (χ3n) is 2.49. The van der Waals surface area contributed by atoms with Gasteiger partial charge in [0.05, 0.1) is 8.95 Å². The second-order valence-electron chi connectivity index (χ2n) is 4.04. The summed E-state index contributed by atoms with van der Waals surface area (Å²) in [5.74, 6) is 0.350. The molecular weight excluding hydrogens is 468 g/mol. The fourth-order valence-corrected chi connectivity index (χ4v) is 3.15. The standard InChI is InChI=1S/C15H9Br3O3/c16-10-3-5-14(12(18)8-10)21-13-4-1-9(7-11(13)17)2-6-15(19)20/h1-8H,(H,19,20)/b6-2+. The number of ether oxygens (including phenoxy) is 1. The third-order valence-corrected chi connectivity index (χ3v) is 4.22. The van der Waals surface area contributed by atoms with Crippen molar-refractivity contribution >= 4 is 59.8 Å². The van der Waals surface area contributed by atoms with Gasteiger partial charge in [0.15, 0.2) is 0 Å². The first-order valence-electron chi connectivity index (χ1n) is 5.79. The molecule has 0 radical (unpaired) electrons. The van der Waals surface area contributed by atoms with Crippen LogP contribution in [0.5, 0.6) is 11.5 Å². The topological polar surface area (TPSA) is 46.5 Å². The van der Waals surface area contributed by atoms with E-state index in [1.807, 2.05) is 18.2 Å². The van der Waals surface area contributed by atoms with Crippen molar-refractivity contribution < 1.29 is 14.6 Å². The van der Waals surface area contributed by atoms with E-state index >= 15 is 0 Å². The van der Waals surface area contributed by atoms with Crippen LogP contribution < -0.4 is 4.74 Å². The van der Waals surface area contributed by atoms with E-state index < -0.39 is 5.97 Å². The van der Waals surface area contributed by atoms with Gasteiger partial charge < -0.3 is 9.84 Å². The highest BCUT2D eigenvalue weighted by Crippen LogP contribution is 2.35. The molecule has 0 aliphatic heterocycles. The van der Waals surface area contributed by atoms with E-state index in [9.17, 15) is 4.79 Å². The number of benzene rings is 2. The number of carbonyl (C=O) groups is 1. The first kappa shape index (κ1) is 16.3. The van der Waals surface area contributed by atoms with Gasteiger partial charge in [-0.3, -0.25) is 0 Å². The minimum absolute atomic E-state index is 0.644. The van der Waals surface area contributed by atoms with Crippen LogP contribution in [0.1, 0.15) is 5.56 Å². The summed E-state index contributed by atoms with van der Waals surface area (Å²) >= 11 is 10.2. The monoisotopic (exact) mass is 474 g/mol. The second kappa shape index (κ2) is 7.24. The van der Waals surface area contributed by atoms with Crippen molar-refractivity contribution in [3.8, 4) is 11.5 Å². The Bertz CT molecular complexity index is 711. The van der Waals surface area contributed by atoms with Crippen LogP contribution in [0.4, 0.5) is 0 Å². The summed E-state index contributed by atoms with van der Waals surface area (Å²) in [6.07, 6.45) is 2.61. The maximum atomic E-state index is 10.5. The van der Waals surface area contributed by atoms with Gasteiger partial charge in [-0.2, -0.15) is 0 Å². The van der Waals surface area contributed by atoms with Crippen LogP contribution in [0.2, 0.25) is 0 Å². The summed E-state index contributed by atoms with van der Waals surface area (Å²) in [6, 6.07) is 11.0. The Kier molecular flexibility index (Phi) is 5.61. The predicted octanol–water partition coefficient (Wildman–Crippen LogP) is 5.86. The van der Waals surface area contributed by atoms with Crippen LogP contribution in [0.15, 0.2) is 55.9 Å². The van der Waals surface area contributed by atoms with Crippen molar-refractivity contribution in [3.05, 3.63) is 61.5 Å². The summed E-state index contributed by atoms with van der Waals surface area (Å²) in [6.45, 7) is 0. The Morgan fingerprint density at radius 1 is 1.00 bits per heavy atom. The smallest absolute Gasteiger partial charge is 0.328 e. The van der Waals surface area contributed by atoms with Crippen LogP contribution >= 0.6 is 47.8 Å². The van der Waals surface area contributed by atoms with Crippen LogP contribution in [0, 0.1) is 0 Å².